The van der Waals surface area contributed by atoms with Crippen LogP contribution in [0.1, 0.15) is 17.5 Å². The van der Waals surface area contributed by atoms with E-state index in [-0.39, 0.29) is 47.3 Å². The van der Waals surface area contributed by atoms with Crippen molar-refractivity contribution in [1.82, 2.24) is 34.5 Å². The molecule has 1 aliphatic rings. The van der Waals surface area contributed by atoms with Crippen molar-refractivity contribution in [2.75, 3.05) is 25.4 Å². The van der Waals surface area contributed by atoms with Gasteiger partial charge < -0.3 is 15.0 Å². The van der Waals surface area contributed by atoms with Crippen LogP contribution < -0.4 is 10.1 Å². The van der Waals surface area contributed by atoms with Gasteiger partial charge in [-0.2, -0.15) is 18.2 Å². The number of anilines is 1. The Bertz CT molecular complexity index is 1540. The van der Waals surface area contributed by atoms with Crippen molar-refractivity contribution in [2.45, 2.75) is 38.3 Å². The molecule has 36 heavy (non-hydrogen) atoms. The third kappa shape index (κ3) is 4.50. The number of piperidine rings is 1. The number of hydrogen-bond donors (Lipinski definition) is 1. The number of halogens is 4. The standard InChI is InChI=1S/C22H22F4N8O2/c1-12(35)32-7-6-16(15(23)10-32)27-21-28-20(36-2)19-14(5-8-33(19)30-21)13-3-4-17-18(9-13)34(31-29-17)11-22(24,25)26/h3-5,8-9,15-16H,6-7,10-11H2,1-2H3,(H,27,30)/t15-,16+/m1/s1/i2D3. The first-order valence-corrected chi connectivity index (χ1v) is 10.9. The van der Waals surface area contributed by atoms with E-state index in [1.165, 1.54) is 34.7 Å². The SMILES string of the molecule is [2H]C([2H])([2H])Oc1nc(N[C@H]2CCN(C(C)=O)C[C@H]2F)nn2ccc(-c3ccc4nnn(CC(F)(F)F)c4c3)c12. The molecule has 1 aliphatic heterocycles. The highest BCUT2D eigenvalue weighted by molar-refractivity contribution is 5.89. The summed E-state index contributed by atoms with van der Waals surface area (Å²) in [6.07, 6.45) is -4.17. The monoisotopic (exact) mass is 509 g/mol. The molecule has 0 bridgehead atoms. The van der Waals surface area contributed by atoms with Gasteiger partial charge in [0.05, 0.1) is 29.3 Å². The normalized spacial score (nSPS) is 20.2. The molecule has 3 aromatic heterocycles. The number of carbonyl (C=O) groups is 1. The number of amides is 1. The predicted octanol–water partition coefficient (Wildman–Crippen LogP) is 3.08. The third-order valence-corrected chi connectivity index (χ3v) is 6.03. The molecule has 14 heteroatoms. The molecule has 1 aromatic carbocycles. The lowest BCUT2D eigenvalue weighted by atomic mass is 10.0. The molecule has 2 atom stereocenters. The lowest BCUT2D eigenvalue weighted by molar-refractivity contribution is -0.142. The molecule has 190 valence electrons. The number of carbonyl (C=O) groups excluding carboxylic acids is 1. The fraction of sp³-hybridized carbons (Fsp3) is 0.409. The van der Waals surface area contributed by atoms with Crippen LogP contribution in [0.3, 0.4) is 0 Å². The zero-order valence-electron chi connectivity index (χ0n) is 21.8. The average Bonchev–Trinajstić information content (AvgIpc) is 3.42. The Balaban J connectivity index is 1.53. The minimum Gasteiger partial charge on any atom is -0.479 e. The van der Waals surface area contributed by atoms with Gasteiger partial charge in [0.15, 0.2) is 0 Å². The summed E-state index contributed by atoms with van der Waals surface area (Å²) in [5, 5.41) is 14.5. The minimum absolute atomic E-state index is 0.101. The molecule has 0 saturated carbocycles. The summed E-state index contributed by atoms with van der Waals surface area (Å²) >= 11 is 0. The van der Waals surface area contributed by atoms with Crippen LogP contribution in [0, 0.1) is 0 Å². The van der Waals surface area contributed by atoms with Crippen molar-refractivity contribution in [3.63, 3.8) is 0 Å². The van der Waals surface area contributed by atoms with E-state index < -0.39 is 32.0 Å². The van der Waals surface area contributed by atoms with Gasteiger partial charge >= 0.3 is 6.18 Å². The topological polar surface area (TPSA) is 102 Å². The largest absolute Gasteiger partial charge is 0.479 e. The second kappa shape index (κ2) is 8.91. The summed E-state index contributed by atoms with van der Waals surface area (Å²) in [5.41, 5.74) is 1.28. The number of fused-ring (bicyclic) bond motifs is 2. The Morgan fingerprint density at radius 1 is 1.33 bits per heavy atom. The molecule has 1 N–H and O–H groups in total. The molecular formula is C22H22F4N8O2. The molecule has 0 radical (unpaired) electrons. The van der Waals surface area contributed by atoms with Crippen molar-refractivity contribution in [1.29, 1.82) is 0 Å². The number of rotatable bonds is 5. The minimum atomic E-state index is -4.52. The van der Waals surface area contributed by atoms with Crippen LogP contribution in [0.2, 0.25) is 0 Å². The van der Waals surface area contributed by atoms with Crippen molar-refractivity contribution in [3.05, 3.63) is 30.5 Å². The molecule has 10 nitrogen and oxygen atoms in total. The maximum Gasteiger partial charge on any atom is 0.408 e. The first-order chi connectivity index (χ1) is 18.3. The fourth-order valence-electron chi connectivity index (χ4n) is 4.30. The molecule has 1 amide bonds. The van der Waals surface area contributed by atoms with Gasteiger partial charge in [0.1, 0.15) is 23.7 Å². The van der Waals surface area contributed by atoms with Gasteiger partial charge in [0.2, 0.25) is 17.7 Å². The van der Waals surface area contributed by atoms with Crippen molar-refractivity contribution in [2.24, 2.45) is 0 Å². The fourth-order valence-corrected chi connectivity index (χ4v) is 4.30. The van der Waals surface area contributed by atoms with Crippen molar-refractivity contribution >= 4 is 28.4 Å². The van der Waals surface area contributed by atoms with E-state index in [0.29, 0.717) is 17.7 Å². The van der Waals surface area contributed by atoms with E-state index >= 15 is 0 Å². The highest BCUT2D eigenvalue weighted by Crippen LogP contribution is 2.33. The van der Waals surface area contributed by atoms with Gasteiger partial charge in [-0.1, -0.05) is 11.3 Å². The van der Waals surface area contributed by atoms with E-state index in [0.717, 1.165) is 4.68 Å². The molecule has 1 fully saturated rings. The van der Waals surface area contributed by atoms with E-state index in [4.69, 9.17) is 8.85 Å². The Morgan fingerprint density at radius 2 is 2.17 bits per heavy atom. The highest BCUT2D eigenvalue weighted by Gasteiger charge is 2.32. The summed E-state index contributed by atoms with van der Waals surface area (Å²) in [7, 11) is -2.90. The Hall–Kier alpha value is -3.97. The first kappa shape index (κ1) is 20.2. The maximum atomic E-state index is 14.8. The Kier molecular flexibility index (Phi) is 5.01. The molecule has 4 heterocycles. The Morgan fingerprint density at radius 3 is 2.89 bits per heavy atom. The lowest BCUT2D eigenvalue weighted by Gasteiger charge is -2.34. The van der Waals surface area contributed by atoms with Crippen LogP contribution in [0.25, 0.3) is 27.7 Å². The lowest BCUT2D eigenvalue weighted by Crippen LogP contribution is -2.49. The molecule has 0 aliphatic carbocycles. The molecule has 0 unspecified atom stereocenters. The number of benzene rings is 1. The van der Waals surface area contributed by atoms with Crippen LogP contribution in [0.15, 0.2) is 30.5 Å². The number of likely N-dealkylation sites (tertiary alicyclic amines) is 1. The van der Waals surface area contributed by atoms with E-state index in [2.05, 4.69) is 25.7 Å². The van der Waals surface area contributed by atoms with Crippen LogP contribution in [-0.4, -0.2) is 78.9 Å². The van der Waals surface area contributed by atoms with E-state index in [9.17, 15) is 22.4 Å². The summed E-state index contributed by atoms with van der Waals surface area (Å²) in [6.45, 7) is 0.238. The van der Waals surface area contributed by atoms with Crippen LogP contribution >= 0.6 is 0 Å². The molecule has 5 rings (SSSR count). The van der Waals surface area contributed by atoms with Gasteiger partial charge in [-0.15, -0.1) is 10.2 Å². The first-order valence-electron chi connectivity index (χ1n) is 12.4. The number of nitrogens with zero attached hydrogens (tertiary/aromatic N) is 7. The number of methoxy groups -OCH3 is 1. The molecule has 4 aromatic rings. The molecule has 1 saturated heterocycles. The van der Waals surface area contributed by atoms with Gasteiger partial charge in [0, 0.05) is 25.2 Å². The summed E-state index contributed by atoms with van der Waals surface area (Å²) in [5.74, 6) is -0.681. The molecule has 0 spiro atoms. The molecular weight excluding hydrogens is 484 g/mol. The van der Waals surface area contributed by atoms with Gasteiger partial charge in [0.25, 0.3) is 0 Å². The summed E-state index contributed by atoms with van der Waals surface area (Å²) in [6, 6.07) is 5.36. The smallest absolute Gasteiger partial charge is 0.408 e. The average molecular weight is 509 g/mol. The Labute approximate surface area is 206 Å². The number of ether oxygens (including phenoxy) is 1. The van der Waals surface area contributed by atoms with E-state index in [1.807, 2.05) is 0 Å². The zero-order valence-corrected chi connectivity index (χ0v) is 18.8. The van der Waals surface area contributed by atoms with Crippen molar-refractivity contribution in [3.8, 4) is 17.0 Å². The summed E-state index contributed by atoms with van der Waals surface area (Å²) in [4.78, 5) is 17.2. The highest BCUT2D eigenvalue weighted by atomic mass is 19.4. The van der Waals surface area contributed by atoms with E-state index in [1.54, 1.807) is 12.1 Å². The summed E-state index contributed by atoms with van der Waals surface area (Å²) < 4.78 is 83.7. The van der Waals surface area contributed by atoms with Crippen molar-refractivity contribution < 1.29 is 31.2 Å². The second-order valence-corrected chi connectivity index (χ2v) is 8.45. The number of alkyl halides is 4. The maximum absolute atomic E-state index is 14.8. The number of nitrogens with one attached hydrogen (secondary N) is 1. The predicted molar refractivity (Wildman–Crippen MR) is 121 cm³/mol. The second-order valence-electron chi connectivity index (χ2n) is 8.45. The number of hydrogen-bond acceptors (Lipinski definition) is 7. The zero-order chi connectivity index (χ0) is 28.1. The van der Waals surface area contributed by atoms with Gasteiger partial charge in [-0.05, 0) is 30.2 Å². The van der Waals surface area contributed by atoms with Crippen LogP contribution in [0.4, 0.5) is 23.5 Å². The number of aromatic nitrogens is 6. The quantitative estimate of drug-likeness (QED) is 0.413. The third-order valence-electron chi connectivity index (χ3n) is 6.03. The van der Waals surface area contributed by atoms with Gasteiger partial charge in [-0.25, -0.2) is 13.6 Å². The van der Waals surface area contributed by atoms with Crippen LogP contribution in [0.5, 0.6) is 5.88 Å². The van der Waals surface area contributed by atoms with Gasteiger partial charge in [-0.3, -0.25) is 4.79 Å². The van der Waals surface area contributed by atoms with Crippen LogP contribution in [-0.2, 0) is 11.3 Å².